The van der Waals surface area contributed by atoms with E-state index in [1.807, 2.05) is 0 Å². The predicted octanol–water partition coefficient (Wildman–Crippen LogP) is 4.77. The molecular formula is C27H34N2O2. The molecule has 4 aliphatic heterocycles. The first kappa shape index (κ1) is 19.9. The van der Waals surface area contributed by atoms with Gasteiger partial charge in [0.05, 0.1) is 30.6 Å². The van der Waals surface area contributed by atoms with Gasteiger partial charge in [-0.3, -0.25) is 9.80 Å². The Labute approximate surface area is 186 Å². The van der Waals surface area contributed by atoms with E-state index in [9.17, 15) is 0 Å². The fraction of sp³-hybridized carbons (Fsp3) is 0.556. The second-order valence-corrected chi connectivity index (χ2v) is 9.84. The monoisotopic (exact) mass is 418 g/mol. The maximum absolute atomic E-state index is 6.40. The van der Waals surface area contributed by atoms with Crippen molar-refractivity contribution in [3.8, 4) is 0 Å². The molecule has 2 fully saturated rings. The van der Waals surface area contributed by atoms with Crippen molar-refractivity contribution in [3.05, 3.63) is 70.8 Å². The van der Waals surface area contributed by atoms with Crippen molar-refractivity contribution < 1.29 is 9.47 Å². The highest BCUT2D eigenvalue weighted by Crippen LogP contribution is 2.46. The van der Waals surface area contributed by atoms with Crippen LogP contribution < -0.4 is 0 Å². The van der Waals surface area contributed by atoms with Crippen LogP contribution in [-0.2, 0) is 33.9 Å². The molecular weight excluding hydrogens is 384 g/mol. The first-order valence-corrected chi connectivity index (χ1v) is 12.2. The largest absolute Gasteiger partial charge is 0.365 e. The van der Waals surface area contributed by atoms with Gasteiger partial charge in [-0.25, -0.2) is 0 Å². The van der Waals surface area contributed by atoms with Crippen LogP contribution in [0.4, 0.5) is 0 Å². The van der Waals surface area contributed by atoms with E-state index in [2.05, 4.69) is 65.3 Å². The highest BCUT2D eigenvalue weighted by molar-refractivity contribution is 5.37. The molecule has 0 aromatic heterocycles. The first-order chi connectivity index (χ1) is 15.2. The zero-order valence-electron chi connectivity index (χ0n) is 18.7. The molecule has 31 heavy (non-hydrogen) atoms. The molecule has 4 nitrogen and oxygen atoms in total. The third-order valence-electron chi connectivity index (χ3n) is 8.44. The molecule has 2 aromatic rings. The Hall–Kier alpha value is -1.72. The minimum Gasteiger partial charge on any atom is -0.365 e. The average Bonchev–Trinajstić information content (AvgIpc) is 3.37. The van der Waals surface area contributed by atoms with E-state index in [-0.39, 0.29) is 11.2 Å². The fourth-order valence-electron chi connectivity index (χ4n) is 6.71. The summed E-state index contributed by atoms with van der Waals surface area (Å²) in [7, 11) is 0. The van der Waals surface area contributed by atoms with Crippen LogP contribution in [-0.4, -0.2) is 42.1 Å². The summed E-state index contributed by atoms with van der Waals surface area (Å²) in [5.41, 5.74) is 5.58. The quantitative estimate of drug-likeness (QED) is 0.717. The summed E-state index contributed by atoms with van der Waals surface area (Å²) in [6, 6.07) is 17.7. The Bertz CT molecular complexity index is 866. The molecule has 0 unspecified atom stereocenters. The van der Waals surface area contributed by atoms with Gasteiger partial charge in [0.15, 0.2) is 0 Å². The van der Waals surface area contributed by atoms with Crippen LogP contribution in [0.15, 0.2) is 48.5 Å². The second kappa shape index (κ2) is 7.70. The van der Waals surface area contributed by atoms with Gasteiger partial charge in [0.25, 0.3) is 0 Å². The summed E-state index contributed by atoms with van der Waals surface area (Å²) in [5.74, 6) is 0. The molecule has 0 N–H and O–H groups in total. The SMILES string of the molecule is CCC(N1CCC2(CC1)OCc1ccccc12)N1CCC2(CC1)OCc1ccccc12. The summed E-state index contributed by atoms with van der Waals surface area (Å²) in [6.45, 7) is 8.39. The predicted molar refractivity (Wildman–Crippen MR) is 122 cm³/mol. The van der Waals surface area contributed by atoms with E-state index in [0.717, 1.165) is 65.1 Å². The number of ether oxygens (including phenoxy) is 2. The van der Waals surface area contributed by atoms with Gasteiger partial charge in [-0.2, -0.15) is 0 Å². The molecule has 0 aliphatic carbocycles. The molecule has 0 saturated carbocycles. The topological polar surface area (TPSA) is 24.9 Å². The average molecular weight is 419 g/mol. The lowest BCUT2D eigenvalue weighted by atomic mass is 9.82. The van der Waals surface area contributed by atoms with Gasteiger partial charge >= 0.3 is 0 Å². The van der Waals surface area contributed by atoms with Crippen LogP contribution in [0.2, 0.25) is 0 Å². The smallest absolute Gasteiger partial charge is 0.0963 e. The summed E-state index contributed by atoms with van der Waals surface area (Å²) in [5, 5.41) is 0. The number of likely N-dealkylation sites (tertiary alicyclic amines) is 2. The molecule has 2 saturated heterocycles. The zero-order valence-corrected chi connectivity index (χ0v) is 18.7. The number of fused-ring (bicyclic) bond motifs is 4. The van der Waals surface area contributed by atoms with Crippen LogP contribution in [0.1, 0.15) is 61.3 Å². The molecule has 164 valence electrons. The minimum atomic E-state index is -0.0429. The molecule has 4 aliphatic rings. The number of piperidine rings is 2. The second-order valence-electron chi connectivity index (χ2n) is 9.84. The van der Waals surface area contributed by atoms with Gasteiger partial charge in [0, 0.05) is 26.2 Å². The van der Waals surface area contributed by atoms with E-state index in [1.165, 1.54) is 28.7 Å². The van der Waals surface area contributed by atoms with Gasteiger partial charge in [0.1, 0.15) is 0 Å². The first-order valence-electron chi connectivity index (χ1n) is 12.2. The number of nitrogens with zero attached hydrogens (tertiary/aromatic N) is 2. The van der Waals surface area contributed by atoms with E-state index in [1.54, 1.807) is 0 Å². The van der Waals surface area contributed by atoms with Crippen molar-refractivity contribution in [2.24, 2.45) is 0 Å². The molecule has 0 radical (unpaired) electrons. The van der Waals surface area contributed by atoms with Crippen molar-refractivity contribution >= 4 is 0 Å². The molecule has 6 rings (SSSR count). The number of hydrogen-bond donors (Lipinski definition) is 0. The molecule has 2 aromatic carbocycles. The lowest BCUT2D eigenvalue weighted by Crippen LogP contribution is -2.56. The lowest BCUT2D eigenvalue weighted by molar-refractivity contribution is -0.119. The Kier molecular flexibility index (Phi) is 4.95. The zero-order chi connectivity index (χ0) is 20.9. The van der Waals surface area contributed by atoms with Gasteiger partial charge in [-0.05, 0) is 54.4 Å². The van der Waals surface area contributed by atoms with Gasteiger partial charge < -0.3 is 9.47 Å². The van der Waals surface area contributed by atoms with Crippen molar-refractivity contribution in [3.63, 3.8) is 0 Å². The van der Waals surface area contributed by atoms with Gasteiger partial charge in [-0.15, -0.1) is 0 Å². The van der Waals surface area contributed by atoms with Crippen molar-refractivity contribution in [1.29, 1.82) is 0 Å². The third-order valence-corrected chi connectivity index (χ3v) is 8.44. The van der Waals surface area contributed by atoms with Crippen LogP contribution in [0, 0.1) is 0 Å². The molecule has 0 atom stereocenters. The number of hydrogen-bond acceptors (Lipinski definition) is 4. The summed E-state index contributed by atoms with van der Waals surface area (Å²) < 4.78 is 12.8. The van der Waals surface area contributed by atoms with E-state index in [4.69, 9.17) is 9.47 Å². The molecule has 0 bridgehead atoms. The maximum Gasteiger partial charge on any atom is 0.0963 e. The lowest BCUT2D eigenvalue weighted by Gasteiger charge is -2.48. The van der Waals surface area contributed by atoms with E-state index >= 15 is 0 Å². The van der Waals surface area contributed by atoms with E-state index < -0.39 is 0 Å². The highest BCUT2D eigenvalue weighted by atomic mass is 16.5. The van der Waals surface area contributed by atoms with Crippen LogP contribution >= 0.6 is 0 Å². The normalized spacial score (nSPS) is 24.7. The minimum absolute atomic E-state index is 0.0429. The number of benzene rings is 2. The Morgan fingerprint density at radius 1 is 0.710 bits per heavy atom. The van der Waals surface area contributed by atoms with E-state index in [0.29, 0.717) is 6.17 Å². The summed E-state index contributed by atoms with van der Waals surface area (Å²) in [6.07, 6.45) is 6.13. The van der Waals surface area contributed by atoms with Gasteiger partial charge in [0.2, 0.25) is 0 Å². The summed E-state index contributed by atoms with van der Waals surface area (Å²) in [4.78, 5) is 5.44. The van der Waals surface area contributed by atoms with Crippen molar-refractivity contribution in [2.45, 2.75) is 69.6 Å². The summed E-state index contributed by atoms with van der Waals surface area (Å²) >= 11 is 0. The Morgan fingerprint density at radius 2 is 1.13 bits per heavy atom. The Morgan fingerprint density at radius 3 is 1.55 bits per heavy atom. The van der Waals surface area contributed by atoms with Crippen LogP contribution in [0.5, 0.6) is 0 Å². The van der Waals surface area contributed by atoms with Crippen molar-refractivity contribution in [2.75, 3.05) is 26.2 Å². The molecule has 4 heteroatoms. The van der Waals surface area contributed by atoms with Gasteiger partial charge in [-0.1, -0.05) is 55.5 Å². The van der Waals surface area contributed by atoms with Crippen LogP contribution in [0.3, 0.4) is 0 Å². The maximum atomic E-state index is 6.40. The van der Waals surface area contributed by atoms with Crippen molar-refractivity contribution in [1.82, 2.24) is 9.80 Å². The Balaban J connectivity index is 1.12. The standard InChI is InChI=1S/C27H34N2O2/c1-2-25(28-15-11-26(12-16-28)23-9-5-3-7-21(23)19-30-26)29-17-13-27(14-18-29)24-10-6-4-8-22(24)20-31-27/h3-10,25H,2,11-20H2,1H3. The highest BCUT2D eigenvalue weighted by Gasteiger charge is 2.46. The molecule has 4 heterocycles. The number of rotatable bonds is 3. The molecule has 2 spiro atoms. The third kappa shape index (κ3) is 3.19. The molecule has 0 amide bonds. The van der Waals surface area contributed by atoms with Crippen LogP contribution in [0.25, 0.3) is 0 Å². The fourth-order valence-corrected chi connectivity index (χ4v) is 6.71.